The van der Waals surface area contributed by atoms with E-state index in [4.69, 9.17) is 0 Å². The highest BCUT2D eigenvalue weighted by Crippen LogP contribution is 1.95. The maximum absolute atomic E-state index is 11.1. The molecular formula is C7H11N3O. The first kappa shape index (κ1) is 7.78. The van der Waals surface area contributed by atoms with Crippen molar-refractivity contribution in [3.8, 4) is 0 Å². The summed E-state index contributed by atoms with van der Waals surface area (Å²) < 4.78 is 1.57. The molecule has 1 heterocycles. The predicted molar refractivity (Wildman–Crippen MR) is 43.7 cm³/mol. The average molecular weight is 153 g/mol. The minimum absolute atomic E-state index is 0.0214. The molecular weight excluding hydrogens is 142 g/mol. The van der Waals surface area contributed by atoms with Gasteiger partial charge in [0.2, 0.25) is 5.95 Å². The van der Waals surface area contributed by atoms with Crippen molar-refractivity contribution in [2.75, 3.05) is 12.4 Å². The van der Waals surface area contributed by atoms with Crippen LogP contribution in [0.3, 0.4) is 0 Å². The van der Waals surface area contributed by atoms with E-state index in [1.54, 1.807) is 11.6 Å². The Bertz CT molecular complexity index is 292. The fourth-order valence-electron chi connectivity index (χ4n) is 0.941. The molecule has 4 nitrogen and oxygen atoms in total. The highest BCUT2D eigenvalue weighted by atomic mass is 16.1. The van der Waals surface area contributed by atoms with Crippen LogP contribution < -0.4 is 10.9 Å². The van der Waals surface area contributed by atoms with E-state index in [0.29, 0.717) is 12.5 Å². The Morgan fingerprint density at radius 2 is 2.45 bits per heavy atom. The molecule has 1 rings (SSSR count). The van der Waals surface area contributed by atoms with Crippen LogP contribution in [0.25, 0.3) is 0 Å². The molecule has 0 radical (unpaired) electrons. The van der Waals surface area contributed by atoms with E-state index < -0.39 is 0 Å². The van der Waals surface area contributed by atoms with Gasteiger partial charge in [-0.05, 0) is 6.92 Å². The normalized spacial score (nSPS) is 9.64. The molecule has 0 unspecified atom stereocenters. The molecule has 0 amide bonds. The van der Waals surface area contributed by atoms with Gasteiger partial charge >= 0.3 is 0 Å². The van der Waals surface area contributed by atoms with Crippen molar-refractivity contribution >= 4 is 5.95 Å². The zero-order valence-electron chi connectivity index (χ0n) is 6.66. The van der Waals surface area contributed by atoms with Crippen LogP contribution in [0.2, 0.25) is 0 Å². The molecule has 0 bridgehead atoms. The van der Waals surface area contributed by atoms with Crippen molar-refractivity contribution in [1.29, 1.82) is 0 Å². The van der Waals surface area contributed by atoms with Crippen molar-refractivity contribution in [1.82, 2.24) is 9.55 Å². The smallest absolute Gasteiger partial charge is 0.254 e. The minimum Gasteiger partial charge on any atom is -0.359 e. The minimum atomic E-state index is -0.0214. The van der Waals surface area contributed by atoms with Gasteiger partial charge in [-0.3, -0.25) is 9.36 Å². The summed E-state index contributed by atoms with van der Waals surface area (Å²) in [6, 6.07) is 1.45. The Morgan fingerprint density at radius 1 is 1.73 bits per heavy atom. The van der Waals surface area contributed by atoms with Gasteiger partial charge in [0.15, 0.2) is 0 Å². The molecule has 1 N–H and O–H groups in total. The Balaban J connectivity index is 3.24. The predicted octanol–water partition coefficient (Wildman–Crippen LogP) is 0.305. The molecule has 1 aromatic heterocycles. The lowest BCUT2D eigenvalue weighted by Crippen LogP contribution is -2.21. The summed E-state index contributed by atoms with van der Waals surface area (Å²) in [5.41, 5.74) is -0.0214. The molecule has 0 aromatic carbocycles. The largest absolute Gasteiger partial charge is 0.359 e. The summed E-state index contributed by atoms with van der Waals surface area (Å²) in [6.07, 6.45) is 1.50. The van der Waals surface area contributed by atoms with Gasteiger partial charge in [0.1, 0.15) is 0 Å². The molecule has 60 valence electrons. The van der Waals surface area contributed by atoms with Crippen molar-refractivity contribution < 1.29 is 0 Å². The summed E-state index contributed by atoms with van der Waals surface area (Å²) in [6.45, 7) is 2.55. The third kappa shape index (κ3) is 1.39. The van der Waals surface area contributed by atoms with E-state index in [2.05, 4.69) is 10.3 Å². The fourth-order valence-corrected chi connectivity index (χ4v) is 0.941. The van der Waals surface area contributed by atoms with Crippen LogP contribution in [-0.2, 0) is 6.54 Å². The Morgan fingerprint density at radius 3 is 2.91 bits per heavy atom. The topological polar surface area (TPSA) is 46.9 Å². The summed E-state index contributed by atoms with van der Waals surface area (Å²) in [5.74, 6) is 0.611. The summed E-state index contributed by atoms with van der Waals surface area (Å²) in [5, 5.41) is 2.84. The standard InChI is InChI=1S/C7H11N3O/c1-3-10-6(11)4-5-9-7(10)8-2/h4-5H,3H2,1-2H3,(H,8,9). The van der Waals surface area contributed by atoms with Gasteiger partial charge in [-0.15, -0.1) is 0 Å². The Kier molecular flexibility index (Phi) is 2.25. The lowest BCUT2D eigenvalue weighted by atomic mass is 10.6. The Labute approximate surface area is 64.9 Å². The van der Waals surface area contributed by atoms with Gasteiger partial charge in [-0.25, -0.2) is 4.98 Å². The molecule has 1 aromatic rings. The first-order valence-electron chi connectivity index (χ1n) is 3.53. The fraction of sp³-hybridized carbons (Fsp3) is 0.429. The highest BCUT2D eigenvalue weighted by molar-refractivity contribution is 5.23. The van der Waals surface area contributed by atoms with Crippen LogP contribution >= 0.6 is 0 Å². The van der Waals surface area contributed by atoms with Crippen molar-refractivity contribution in [2.45, 2.75) is 13.5 Å². The van der Waals surface area contributed by atoms with Crippen LogP contribution in [0.1, 0.15) is 6.92 Å². The molecule has 0 aliphatic heterocycles. The lowest BCUT2D eigenvalue weighted by molar-refractivity contribution is 0.717. The molecule has 0 atom stereocenters. The maximum Gasteiger partial charge on any atom is 0.254 e. The van der Waals surface area contributed by atoms with Gasteiger partial charge in [-0.2, -0.15) is 0 Å². The number of aromatic nitrogens is 2. The number of anilines is 1. The molecule has 0 aliphatic carbocycles. The number of hydrogen-bond donors (Lipinski definition) is 1. The van der Waals surface area contributed by atoms with E-state index in [1.165, 1.54) is 12.3 Å². The molecule has 0 spiro atoms. The van der Waals surface area contributed by atoms with Gasteiger partial charge in [-0.1, -0.05) is 0 Å². The van der Waals surface area contributed by atoms with Crippen molar-refractivity contribution in [2.24, 2.45) is 0 Å². The first-order chi connectivity index (χ1) is 5.29. The zero-order chi connectivity index (χ0) is 8.27. The molecule has 0 fully saturated rings. The van der Waals surface area contributed by atoms with Gasteiger partial charge in [0.05, 0.1) is 0 Å². The van der Waals surface area contributed by atoms with Crippen molar-refractivity contribution in [3.05, 3.63) is 22.6 Å². The molecule has 0 saturated carbocycles. The number of hydrogen-bond acceptors (Lipinski definition) is 3. The Hall–Kier alpha value is -1.32. The lowest BCUT2D eigenvalue weighted by Gasteiger charge is -2.06. The van der Waals surface area contributed by atoms with Crippen LogP contribution in [0, 0.1) is 0 Å². The number of rotatable bonds is 2. The SMILES string of the molecule is CCn1c(NC)nccc1=O. The number of nitrogens with one attached hydrogen (secondary N) is 1. The first-order valence-corrected chi connectivity index (χ1v) is 3.53. The average Bonchev–Trinajstić information content (AvgIpc) is 2.04. The number of nitrogens with zero attached hydrogens (tertiary/aromatic N) is 2. The van der Waals surface area contributed by atoms with E-state index in [0.717, 1.165) is 0 Å². The summed E-state index contributed by atoms with van der Waals surface area (Å²) in [4.78, 5) is 15.1. The molecule has 11 heavy (non-hydrogen) atoms. The van der Waals surface area contributed by atoms with Gasteiger partial charge in [0, 0.05) is 25.9 Å². The summed E-state index contributed by atoms with van der Waals surface area (Å²) in [7, 11) is 1.74. The van der Waals surface area contributed by atoms with E-state index in [1.807, 2.05) is 6.92 Å². The quantitative estimate of drug-likeness (QED) is 0.665. The van der Waals surface area contributed by atoms with Crippen LogP contribution in [0.4, 0.5) is 5.95 Å². The second kappa shape index (κ2) is 3.18. The van der Waals surface area contributed by atoms with Crippen LogP contribution in [0.5, 0.6) is 0 Å². The van der Waals surface area contributed by atoms with Crippen LogP contribution in [-0.4, -0.2) is 16.6 Å². The summed E-state index contributed by atoms with van der Waals surface area (Å²) >= 11 is 0. The highest BCUT2D eigenvalue weighted by Gasteiger charge is 1.98. The van der Waals surface area contributed by atoms with Crippen molar-refractivity contribution in [3.63, 3.8) is 0 Å². The zero-order valence-corrected chi connectivity index (χ0v) is 6.66. The monoisotopic (exact) mass is 153 g/mol. The second-order valence-corrected chi connectivity index (χ2v) is 2.10. The van der Waals surface area contributed by atoms with E-state index in [-0.39, 0.29) is 5.56 Å². The van der Waals surface area contributed by atoms with E-state index in [9.17, 15) is 4.79 Å². The maximum atomic E-state index is 11.1. The molecule has 0 saturated heterocycles. The van der Waals surface area contributed by atoms with Gasteiger partial charge < -0.3 is 5.32 Å². The van der Waals surface area contributed by atoms with Gasteiger partial charge in [0.25, 0.3) is 5.56 Å². The molecule has 4 heteroatoms. The second-order valence-electron chi connectivity index (χ2n) is 2.10. The third-order valence-corrected chi connectivity index (χ3v) is 1.48. The van der Waals surface area contributed by atoms with E-state index >= 15 is 0 Å². The van der Waals surface area contributed by atoms with Crippen LogP contribution in [0.15, 0.2) is 17.1 Å². The molecule has 0 aliphatic rings. The third-order valence-electron chi connectivity index (χ3n) is 1.48.